The molecule has 0 amide bonds. The van der Waals surface area contributed by atoms with Gasteiger partial charge < -0.3 is 9.67 Å². The number of benzene rings is 1. The number of nitrogens with zero attached hydrogens (tertiary/aromatic N) is 2. The molecule has 0 radical (unpaired) electrons. The van der Waals surface area contributed by atoms with Gasteiger partial charge >= 0.3 is 0 Å². The molecular weight excluding hydrogens is 360 g/mol. The number of hydrogen-bond donors (Lipinski definition) is 1. The van der Waals surface area contributed by atoms with Crippen molar-refractivity contribution in [3.63, 3.8) is 0 Å². The first-order chi connectivity index (χ1) is 8.58. The van der Waals surface area contributed by atoms with Crippen molar-refractivity contribution in [3.05, 3.63) is 50.9 Å². The molecule has 2 aromatic rings. The first-order valence-corrected chi connectivity index (χ1v) is 7.25. The van der Waals surface area contributed by atoms with Crippen LogP contribution < -0.4 is 0 Å². The zero-order valence-electron chi connectivity index (χ0n) is 9.98. The minimum absolute atomic E-state index is 0.467. The Bertz CT molecular complexity index is 540. The number of halogens is 2. The van der Waals surface area contributed by atoms with E-state index >= 15 is 0 Å². The summed E-state index contributed by atoms with van der Waals surface area (Å²) < 4.78 is 3.92. The Labute approximate surface area is 123 Å². The van der Waals surface area contributed by atoms with Crippen LogP contribution in [0.3, 0.4) is 0 Å². The fourth-order valence-corrected chi connectivity index (χ4v) is 2.43. The Hall–Kier alpha value is -0.650. The predicted molar refractivity (Wildman–Crippen MR) is 78.3 cm³/mol. The summed E-state index contributed by atoms with van der Waals surface area (Å²) in [6, 6.07) is 5.80. The van der Waals surface area contributed by atoms with Crippen LogP contribution >= 0.6 is 31.9 Å². The number of imidazole rings is 1. The summed E-state index contributed by atoms with van der Waals surface area (Å²) >= 11 is 6.86. The molecule has 1 atom stereocenters. The lowest BCUT2D eigenvalue weighted by molar-refractivity contribution is 0.166. The van der Waals surface area contributed by atoms with Crippen LogP contribution in [0.5, 0.6) is 0 Å². The molecule has 1 N–H and O–H groups in total. The van der Waals surface area contributed by atoms with Crippen LogP contribution in [0.4, 0.5) is 0 Å². The number of aliphatic hydroxyl groups excluding tert-OH is 1. The van der Waals surface area contributed by atoms with Gasteiger partial charge in [0.2, 0.25) is 0 Å². The fraction of sp³-hybridized carbons (Fsp3) is 0.308. The number of aliphatic hydroxyl groups is 1. The maximum absolute atomic E-state index is 10.2. The Morgan fingerprint density at radius 3 is 2.72 bits per heavy atom. The van der Waals surface area contributed by atoms with Gasteiger partial charge in [0.1, 0.15) is 5.82 Å². The molecule has 1 aromatic carbocycles. The normalized spacial score (nSPS) is 12.7. The summed E-state index contributed by atoms with van der Waals surface area (Å²) in [6.07, 6.45) is 4.65. The van der Waals surface area contributed by atoms with Crippen molar-refractivity contribution in [2.45, 2.75) is 18.9 Å². The van der Waals surface area contributed by atoms with Crippen LogP contribution in [-0.2, 0) is 13.5 Å². The van der Waals surface area contributed by atoms with E-state index in [4.69, 9.17) is 0 Å². The summed E-state index contributed by atoms with van der Waals surface area (Å²) in [5.74, 6) is 0.991. The van der Waals surface area contributed by atoms with Gasteiger partial charge in [0.15, 0.2) is 0 Å². The van der Waals surface area contributed by atoms with E-state index in [1.807, 2.05) is 36.0 Å². The number of rotatable bonds is 4. The summed E-state index contributed by atoms with van der Waals surface area (Å²) in [5, 5.41) is 10.2. The van der Waals surface area contributed by atoms with E-state index < -0.39 is 6.10 Å². The lowest BCUT2D eigenvalue weighted by atomic mass is 10.1. The van der Waals surface area contributed by atoms with Crippen molar-refractivity contribution in [2.24, 2.45) is 7.05 Å². The van der Waals surface area contributed by atoms with Gasteiger partial charge in [-0.25, -0.2) is 4.98 Å². The van der Waals surface area contributed by atoms with E-state index in [0.29, 0.717) is 6.42 Å². The van der Waals surface area contributed by atoms with Crippen LogP contribution in [0.2, 0.25) is 0 Å². The van der Waals surface area contributed by atoms with Gasteiger partial charge in [-0.15, -0.1) is 0 Å². The summed E-state index contributed by atoms with van der Waals surface area (Å²) in [6.45, 7) is 0. The molecule has 5 heteroatoms. The molecule has 0 bridgehead atoms. The molecule has 0 saturated heterocycles. The van der Waals surface area contributed by atoms with Crippen LogP contribution in [-0.4, -0.2) is 14.7 Å². The highest BCUT2D eigenvalue weighted by Crippen LogP contribution is 2.28. The van der Waals surface area contributed by atoms with Crippen LogP contribution in [0.1, 0.15) is 23.9 Å². The third-order valence-electron chi connectivity index (χ3n) is 2.89. The Kier molecular flexibility index (Phi) is 4.59. The van der Waals surface area contributed by atoms with Crippen molar-refractivity contribution >= 4 is 31.9 Å². The SMILES string of the molecule is Cn1ccnc1CCC(O)c1ccc(Br)c(Br)c1. The van der Waals surface area contributed by atoms with Gasteiger partial charge in [-0.05, 0) is 56.0 Å². The minimum Gasteiger partial charge on any atom is -0.388 e. The Balaban J connectivity index is 2.01. The molecule has 3 nitrogen and oxygen atoms in total. The summed E-state index contributed by atoms with van der Waals surface area (Å²) in [4.78, 5) is 4.25. The van der Waals surface area contributed by atoms with Crippen molar-refractivity contribution < 1.29 is 5.11 Å². The fourth-order valence-electron chi connectivity index (χ4n) is 1.79. The standard InChI is InChI=1S/C13H14Br2N2O/c1-17-7-6-16-13(17)5-4-12(18)9-2-3-10(14)11(15)8-9/h2-3,6-8,12,18H,4-5H2,1H3. The molecule has 0 aliphatic rings. The summed E-state index contributed by atoms with van der Waals surface area (Å²) in [5.41, 5.74) is 0.916. The number of aryl methyl sites for hydroxylation is 2. The van der Waals surface area contributed by atoms with Gasteiger partial charge in [0.25, 0.3) is 0 Å². The quantitative estimate of drug-likeness (QED) is 0.888. The third kappa shape index (κ3) is 3.22. The van der Waals surface area contributed by atoms with Gasteiger partial charge in [-0.1, -0.05) is 6.07 Å². The molecule has 2 rings (SSSR count). The maximum Gasteiger partial charge on any atom is 0.108 e. The van der Waals surface area contributed by atoms with Crippen molar-refractivity contribution in [2.75, 3.05) is 0 Å². The molecule has 0 aliphatic heterocycles. The highest BCUT2D eigenvalue weighted by atomic mass is 79.9. The second-order valence-electron chi connectivity index (χ2n) is 4.18. The highest BCUT2D eigenvalue weighted by Gasteiger charge is 2.10. The van der Waals surface area contributed by atoms with Crippen molar-refractivity contribution in [1.82, 2.24) is 9.55 Å². The number of aromatic nitrogens is 2. The predicted octanol–water partition coefficient (Wildman–Crippen LogP) is 3.61. The molecule has 0 fully saturated rings. The van der Waals surface area contributed by atoms with E-state index in [0.717, 1.165) is 26.8 Å². The molecule has 0 saturated carbocycles. The maximum atomic E-state index is 10.2. The minimum atomic E-state index is -0.467. The smallest absolute Gasteiger partial charge is 0.108 e. The van der Waals surface area contributed by atoms with E-state index in [-0.39, 0.29) is 0 Å². The van der Waals surface area contributed by atoms with E-state index in [9.17, 15) is 5.11 Å². The molecule has 1 unspecified atom stereocenters. The van der Waals surface area contributed by atoms with Crippen molar-refractivity contribution in [1.29, 1.82) is 0 Å². The second kappa shape index (κ2) is 5.99. The van der Waals surface area contributed by atoms with Gasteiger partial charge in [0.05, 0.1) is 6.10 Å². The molecule has 1 heterocycles. The first-order valence-electron chi connectivity index (χ1n) is 5.67. The third-order valence-corrected chi connectivity index (χ3v) is 4.77. The zero-order chi connectivity index (χ0) is 13.1. The topological polar surface area (TPSA) is 38.0 Å². The Morgan fingerprint density at radius 1 is 1.33 bits per heavy atom. The van der Waals surface area contributed by atoms with Crippen LogP contribution in [0.15, 0.2) is 39.5 Å². The lowest BCUT2D eigenvalue weighted by Gasteiger charge is -2.11. The average molecular weight is 374 g/mol. The molecule has 0 aliphatic carbocycles. The van der Waals surface area contributed by atoms with Gasteiger partial charge in [0, 0.05) is 34.8 Å². The molecule has 0 spiro atoms. The average Bonchev–Trinajstić information content (AvgIpc) is 2.75. The van der Waals surface area contributed by atoms with E-state index in [1.165, 1.54) is 0 Å². The van der Waals surface area contributed by atoms with Gasteiger partial charge in [-0.3, -0.25) is 0 Å². The zero-order valence-corrected chi connectivity index (χ0v) is 13.1. The van der Waals surface area contributed by atoms with E-state index in [1.54, 1.807) is 6.20 Å². The number of hydrogen-bond acceptors (Lipinski definition) is 2. The van der Waals surface area contributed by atoms with Crippen molar-refractivity contribution in [3.8, 4) is 0 Å². The lowest BCUT2D eigenvalue weighted by Crippen LogP contribution is -2.03. The van der Waals surface area contributed by atoms with E-state index in [2.05, 4.69) is 36.8 Å². The monoisotopic (exact) mass is 372 g/mol. The largest absolute Gasteiger partial charge is 0.388 e. The first kappa shape index (κ1) is 13.8. The highest BCUT2D eigenvalue weighted by molar-refractivity contribution is 9.13. The van der Waals surface area contributed by atoms with Gasteiger partial charge in [-0.2, -0.15) is 0 Å². The molecule has 96 valence electrons. The molecular formula is C13H14Br2N2O. The van der Waals surface area contributed by atoms with Crippen LogP contribution in [0.25, 0.3) is 0 Å². The summed E-state index contributed by atoms with van der Waals surface area (Å²) in [7, 11) is 1.96. The Morgan fingerprint density at radius 2 is 2.11 bits per heavy atom. The molecule has 1 aromatic heterocycles. The molecule has 18 heavy (non-hydrogen) atoms. The second-order valence-corrected chi connectivity index (χ2v) is 5.89. The van der Waals surface area contributed by atoms with Crippen LogP contribution in [0, 0.1) is 0 Å².